The van der Waals surface area contributed by atoms with Gasteiger partial charge >= 0.3 is 0 Å². The summed E-state index contributed by atoms with van der Waals surface area (Å²) in [5, 5.41) is 7.08. The summed E-state index contributed by atoms with van der Waals surface area (Å²) < 4.78 is 1.38. The van der Waals surface area contributed by atoms with Crippen molar-refractivity contribution >= 4 is 51.4 Å². The third kappa shape index (κ3) is 3.20. The fourth-order valence-corrected chi connectivity index (χ4v) is 3.26. The maximum Gasteiger partial charge on any atom is 0.193 e. The van der Waals surface area contributed by atoms with Crippen LogP contribution in [0, 0.1) is 0 Å². The van der Waals surface area contributed by atoms with Crippen molar-refractivity contribution in [1.82, 2.24) is 10.2 Å². The molecule has 0 amide bonds. The van der Waals surface area contributed by atoms with Gasteiger partial charge in [-0.1, -0.05) is 18.2 Å². The van der Waals surface area contributed by atoms with Crippen LogP contribution in [0.4, 0.5) is 0 Å². The number of fused-ring (bicyclic) bond motifs is 1. The number of aliphatic imine (C=N–C) groups is 1. The summed E-state index contributed by atoms with van der Waals surface area (Å²) in [4.78, 5) is 6.60. The van der Waals surface area contributed by atoms with Gasteiger partial charge in [0, 0.05) is 24.8 Å². The van der Waals surface area contributed by atoms with Gasteiger partial charge in [0.05, 0.1) is 6.54 Å². The van der Waals surface area contributed by atoms with Crippen molar-refractivity contribution in [3.05, 3.63) is 35.2 Å². The molecule has 0 fully saturated rings. The third-order valence-corrected chi connectivity index (χ3v) is 4.31. The topological polar surface area (TPSA) is 27.6 Å². The Kier molecular flexibility index (Phi) is 5.04. The van der Waals surface area contributed by atoms with Gasteiger partial charge < -0.3 is 10.2 Å². The zero-order valence-corrected chi connectivity index (χ0v) is 14.1. The van der Waals surface area contributed by atoms with Crippen molar-refractivity contribution in [2.24, 2.45) is 4.99 Å². The van der Waals surface area contributed by atoms with Crippen LogP contribution < -0.4 is 5.32 Å². The second kappa shape index (κ2) is 6.56. The van der Waals surface area contributed by atoms with Gasteiger partial charge in [0.15, 0.2) is 5.96 Å². The maximum absolute atomic E-state index is 4.43. The van der Waals surface area contributed by atoms with Gasteiger partial charge in [-0.15, -0.1) is 35.3 Å². The molecule has 1 N–H and O–H groups in total. The van der Waals surface area contributed by atoms with Crippen LogP contribution in [0.2, 0.25) is 0 Å². The molecule has 1 aromatic heterocycles. The summed E-state index contributed by atoms with van der Waals surface area (Å²) in [6.07, 6.45) is 1.05. The number of guanidine groups is 1. The molecule has 2 aromatic rings. The Hall–Kier alpha value is -0.820. The van der Waals surface area contributed by atoms with Gasteiger partial charge in [-0.3, -0.25) is 4.99 Å². The molecule has 2 heterocycles. The minimum atomic E-state index is 0. The van der Waals surface area contributed by atoms with E-state index in [9.17, 15) is 0 Å². The van der Waals surface area contributed by atoms with E-state index in [4.69, 9.17) is 0 Å². The SMILES string of the molecule is CN1CCN=C1NCCc1csc2ccccc12.I. The Morgan fingerprint density at radius 3 is 3.00 bits per heavy atom. The van der Waals surface area contributed by atoms with E-state index in [1.165, 1.54) is 15.6 Å². The zero-order chi connectivity index (χ0) is 12.4. The van der Waals surface area contributed by atoms with Gasteiger partial charge in [0.2, 0.25) is 0 Å². The number of hydrogen-bond donors (Lipinski definition) is 1. The van der Waals surface area contributed by atoms with Crippen LogP contribution in [0.1, 0.15) is 5.56 Å². The Balaban J connectivity index is 0.00000133. The number of rotatable bonds is 3. The first-order chi connectivity index (χ1) is 8.84. The summed E-state index contributed by atoms with van der Waals surface area (Å²) in [7, 11) is 2.08. The fraction of sp³-hybridized carbons (Fsp3) is 0.357. The summed E-state index contributed by atoms with van der Waals surface area (Å²) in [5.41, 5.74) is 1.43. The van der Waals surface area contributed by atoms with Crippen molar-refractivity contribution in [3.8, 4) is 0 Å². The minimum Gasteiger partial charge on any atom is -0.356 e. The first-order valence-electron chi connectivity index (χ1n) is 6.29. The highest BCUT2D eigenvalue weighted by atomic mass is 127. The molecule has 0 atom stereocenters. The lowest BCUT2D eigenvalue weighted by atomic mass is 10.1. The zero-order valence-electron chi connectivity index (χ0n) is 10.9. The van der Waals surface area contributed by atoms with Gasteiger partial charge in [0.1, 0.15) is 0 Å². The lowest BCUT2D eigenvalue weighted by Gasteiger charge is -2.14. The molecule has 102 valence electrons. The molecule has 0 spiro atoms. The van der Waals surface area contributed by atoms with E-state index in [-0.39, 0.29) is 24.0 Å². The van der Waals surface area contributed by atoms with E-state index in [0.717, 1.165) is 32.0 Å². The second-order valence-electron chi connectivity index (χ2n) is 4.56. The van der Waals surface area contributed by atoms with E-state index < -0.39 is 0 Å². The van der Waals surface area contributed by atoms with Crippen LogP contribution in [0.25, 0.3) is 10.1 Å². The largest absolute Gasteiger partial charge is 0.356 e. The molecule has 0 bridgehead atoms. The lowest BCUT2D eigenvalue weighted by molar-refractivity contribution is 0.534. The van der Waals surface area contributed by atoms with Gasteiger partial charge in [-0.25, -0.2) is 0 Å². The predicted octanol–water partition coefficient (Wildman–Crippen LogP) is 2.95. The van der Waals surface area contributed by atoms with Crippen molar-refractivity contribution < 1.29 is 0 Å². The Labute approximate surface area is 134 Å². The summed E-state index contributed by atoms with van der Waals surface area (Å²) >= 11 is 1.83. The van der Waals surface area contributed by atoms with Crippen molar-refractivity contribution in [2.45, 2.75) is 6.42 Å². The molecule has 5 heteroatoms. The van der Waals surface area contributed by atoms with Crippen LogP contribution >= 0.6 is 35.3 Å². The Bertz CT molecular complexity index is 579. The Morgan fingerprint density at radius 1 is 1.37 bits per heavy atom. The first-order valence-corrected chi connectivity index (χ1v) is 7.17. The molecule has 0 saturated carbocycles. The molecule has 19 heavy (non-hydrogen) atoms. The highest BCUT2D eigenvalue weighted by Crippen LogP contribution is 2.25. The molecule has 1 aliphatic heterocycles. The standard InChI is InChI=1S/C14H17N3S.HI/c1-17-9-8-16-14(17)15-7-6-11-10-18-13-5-3-2-4-12(11)13;/h2-5,10H,6-9H2,1H3,(H,15,16);1H. The van der Waals surface area contributed by atoms with Crippen LogP contribution in [0.15, 0.2) is 34.6 Å². The van der Waals surface area contributed by atoms with Crippen LogP contribution in [0.3, 0.4) is 0 Å². The normalized spacial score (nSPS) is 14.4. The fourth-order valence-electron chi connectivity index (χ4n) is 2.26. The van der Waals surface area contributed by atoms with Crippen LogP contribution in [-0.4, -0.2) is 37.5 Å². The molecule has 0 unspecified atom stereocenters. The smallest absolute Gasteiger partial charge is 0.193 e. The number of nitrogens with zero attached hydrogens (tertiary/aromatic N) is 2. The number of benzene rings is 1. The average molecular weight is 387 g/mol. The molecule has 0 aliphatic carbocycles. The molecule has 3 nitrogen and oxygen atoms in total. The van der Waals surface area contributed by atoms with Gasteiger partial charge in [-0.05, 0) is 28.8 Å². The monoisotopic (exact) mass is 387 g/mol. The molecular weight excluding hydrogens is 369 g/mol. The third-order valence-electron chi connectivity index (χ3n) is 3.30. The summed E-state index contributed by atoms with van der Waals surface area (Å²) in [6, 6.07) is 8.61. The Morgan fingerprint density at radius 2 is 2.21 bits per heavy atom. The van der Waals surface area contributed by atoms with Crippen molar-refractivity contribution in [2.75, 3.05) is 26.7 Å². The number of halogens is 1. The first kappa shape index (κ1) is 14.6. The lowest BCUT2D eigenvalue weighted by Crippen LogP contribution is -2.36. The molecule has 0 saturated heterocycles. The van der Waals surface area contributed by atoms with E-state index >= 15 is 0 Å². The summed E-state index contributed by atoms with van der Waals surface area (Å²) in [6.45, 7) is 2.90. The van der Waals surface area contributed by atoms with Crippen molar-refractivity contribution in [3.63, 3.8) is 0 Å². The summed E-state index contributed by atoms with van der Waals surface area (Å²) in [5.74, 6) is 1.04. The number of thiophene rings is 1. The molecular formula is C14H18IN3S. The van der Waals surface area contributed by atoms with Crippen LogP contribution in [0.5, 0.6) is 0 Å². The highest BCUT2D eigenvalue weighted by Gasteiger charge is 2.11. The number of nitrogens with one attached hydrogen (secondary N) is 1. The molecule has 3 rings (SSSR count). The number of hydrogen-bond acceptors (Lipinski definition) is 4. The molecule has 1 aromatic carbocycles. The molecule has 1 aliphatic rings. The maximum atomic E-state index is 4.43. The quantitative estimate of drug-likeness (QED) is 0.821. The van der Waals surface area contributed by atoms with Gasteiger partial charge in [0.25, 0.3) is 0 Å². The molecule has 0 radical (unpaired) electrons. The van der Waals surface area contributed by atoms with E-state index in [1.54, 1.807) is 0 Å². The highest BCUT2D eigenvalue weighted by molar-refractivity contribution is 14.0. The van der Waals surface area contributed by atoms with E-state index in [1.807, 2.05) is 11.3 Å². The van der Waals surface area contributed by atoms with E-state index in [0.29, 0.717) is 0 Å². The predicted molar refractivity (Wildman–Crippen MR) is 93.9 cm³/mol. The second-order valence-corrected chi connectivity index (χ2v) is 5.47. The number of likely N-dealkylation sites (N-methyl/N-ethyl adjacent to an activating group) is 1. The van der Waals surface area contributed by atoms with E-state index in [2.05, 4.69) is 51.9 Å². The van der Waals surface area contributed by atoms with Crippen molar-refractivity contribution in [1.29, 1.82) is 0 Å². The minimum absolute atomic E-state index is 0. The van der Waals surface area contributed by atoms with Gasteiger partial charge in [-0.2, -0.15) is 0 Å². The van der Waals surface area contributed by atoms with Crippen LogP contribution in [-0.2, 0) is 6.42 Å². The average Bonchev–Trinajstić information content (AvgIpc) is 2.97.